The summed E-state index contributed by atoms with van der Waals surface area (Å²) in [5.41, 5.74) is 1.51. The van der Waals surface area contributed by atoms with Crippen molar-refractivity contribution < 1.29 is 47.7 Å². The number of carbonyl (C=O) groups excluding carboxylic acids is 5. The number of carbonyl (C=O) groups is 5. The summed E-state index contributed by atoms with van der Waals surface area (Å²) in [7, 11) is 1.61. The molecule has 0 heterocycles. The van der Waals surface area contributed by atoms with Crippen LogP contribution in [0.25, 0.3) is 0 Å². The smallest absolute Gasteiger partial charge is 0.246 e. The average molecular weight is 752 g/mol. The molecule has 0 aliphatic rings. The van der Waals surface area contributed by atoms with Gasteiger partial charge in [0.25, 0.3) is 0 Å². The Balaban J connectivity index is 0.0000133. The number of benzene rings is 1. The summed E-state index contributed by atoms with van der Waals surface area (Å²) in [5.74, 6) is -0.614. The molecule has 1 aromatic carbocycles. The Morgan fingerprint density at radius 1 is 0.755 bits per heavy atom. The van der Waals surface area contributed by atoms with Crippen molar-refractivity contribution >= 4 is 35.7 Å². The maximum absolute atomic E-state index is 13.0. The number of anilines is 1. The summed E-state index contributed by atoms with van der Waals surface area (Å²) in [4.78, 5) is 61.8. The molecular weight excluding hydrogens is 686 g/mol. The third kappa shape index (κ3) is 24.8. The quantitative estimate of drug-likeness (QED) is 0.0540. The fraction of sp³-hybridized carbons (Fsp3) is 0.658. The largest absolute Gasteiger partial charge is 0.494 e. The fourth-order valence-electron chi connectivity index (χ4n) is 4.04. The number of hydrogen-bond acceptors (Lipinski definition) is 10. The van der Waals surface area contributed by atoms with Crippen molar-refractivity contribution in [2.45, 2.75) is 80.0 Å². The van der Waals surface area contributed by atoms with Gasteiger partial charge in [-0.1, -0.05) is 60.3 Å². The zero-order valence-electron chi connectivity index (χ0n) is 33.1. The van der Waals surface area contributed by atoms with Crippen LogP contribution in [0, 0.1) is 11.8 Å². The Morgan fingerprint density at radius 3 is 1.83 bits per heavy atom. The van der Waals surface area contributed by atoms with Crippen molar-refractivity contribution in [1.29, 1.82) is 0 Å². The Morgan fingerprint density at radius 2 is 1.30 bits per heavy atom. The van der Waals surface area contributed by atoms with E-state index in [1.54, 1.807) is 26.1 Å². The van der Waals surface area contributed by atoms with Crippen LogP contribution < -0.4 is 21.3 Å². The molecule has 0 radical (unpaired) electrons. The number of ether oxygens (including phenoxy) is 5. The fourth-order valence-corrected chi connectivity index (χ4v) is 4.04. The van der Waals surface area contributed by atoms with Gasteiger partial charge >= 0.3 is 0 Å². The van der Waals surface area contributed by atoms with Gasteiger partial charge in [0.05, 0.1) is 58.6 Å². The van der Waals surface area contributed by atoms with Crippen molar-refractivity contribution in [2.75, 3.05) is 78.3 Å². The molecular formula is C38H65N5O10. The zero-order chi connectivity index (χ0) is 40.0. The summed E-state index contributed by atoms with van der Waals surface area (Å²) in [6, 6.07) is 5.56. The summed E-state index contributed by atoms with van der Waals surface area (Å²) >= 11 is 0. The van der Waals surface area contributed by atoms with Crippen LogP contribution in [0.3, 0.4) is 0 Å². The lowest BCUT2D eigenvalue weighted by atomic mass is 10.0. The van der Waals surface area contributed by atoms with Gasteiger partial charge in [-0.25, -0.2) is 0 Å². The van der Waals surface area contributed by atoms with E-state index in [-0.39, 0.29) is 43.1 Å². The Labute approximate surface area is 316 Å². The molecule has 0 aliphatic carbocycles. The predicted octanol–water partition coefficient (Wildman–Crippen LogP) is 3.03. The minimum atomic E-state index is -0.838. The van der Waals surface area contributed by atoms with Crippen LogP contribution in [0.4, 0.5) is 5.69 Å². The first-order valence-electron chi connectivity index (χ1n) is 18.4. The molecule has 15 heteroatoms. The first-order chi connectivity index (χ1) is 25.3. The van der Waals surface area contributed by atoms with Gasteiger partial charge in [0.15, 0.2) is 0 Å². The van der Waals surface area contributed by atoms with Crippen LogP contribution in [0.2, 0.25) is 0 Å². The van der Waals surface area contributed by atoms with E-state index in [0.717, 1.165) is 5.56 Å². The van der Waals surface area contributed by atoms with Gasteiger partial charge in [-0.15, -0.1) is 0 Å². The van der Waals surface area contributed by atoms with Crippen LogP contribution in [0.5, 0.6) is 0 Å². The van der Waals surface area contributed by atoms with Crippen molar-refractivity contribution in [3.63, 3.8) is 0 Å². The maximum Gasteiger partial charge on any atom is 0.246 e. The lowest BCUT2D eigenvalue weighted by Gasteiger charge is -2.24. The molecule has 1 rings (SSSR count). The van der Waals surface area contributed by atoms with Gasteiger partial charge in [-0.3, -0.25) is 24.0 Å². The van der Waals surface area contributed by atoms with Gasteiger partial charge in [0.2, 0.25) is 30.0 Å². The second-order valence-electron chi connectivity index (χ2n) is 12.5. The van der Waals surface area contributed by atoms with Gasteiger partial charge in [0.1, 0.15) is 18.7 Å². The standard InChI is InChI=1S/C36H59N5O10.C2H6/c1-26(2)29(6)51-24-30-8-10-31(11-9-30)39-35(45)28(5)38-36(46)34(27(3)4)40-33(44)13-16-47-18-20-49-22-23-50-21-19-48-17-14-37-32(43)12-15-41(7)25-42;1-2/h8-11,25-28,34H,6,12-24H2,1-5,7H3,(H,37,43)(H,38,46)(H,39,45)(H,40,44);1-2H3/t28-,34?;/m0./s1. The molecule has 0 saturated heterocycles. The predicted molar refractivity (Wildman–Crippen MR) is 204 cm³/mol. The number of hydrogen-bond donors (Lipinski definition) is 4. The summed E-state index contributed by atoms with van der Waals surface area (Å²) in [5, 5.41) is 10.9. The summed E-state index contributed by atoms with van der Waals surface area (Å²) in [6.07, 6.45) is 0.976. The molecule has 1 aromatic rings. The molecule has 53 heavy (non-hydrogen) atoms. The van der Waals surface area contributed by atoms with Crippen molar-refractivity contribution in [2.24, 2.45) is 11.8 Å². The molecule has 302 valence electrons. The average Bonchev–Trinajstić information content (AvgIpc) is 3.14. The monoisotopic (exact) mass is 751 g/mol. The lowest BCUT2D eigenvalue weighted by Crippen LogP contribution is -2.53. The van der Waals surface area contributed by atoms with E-state index in [1.165, 1.54) is 4.90 Å². The van der Waals surface area contributed by atoms with E-state index in [2.05, 4.69) is 27.8 Å². The molecule has 15 nitrogen and oxygen atoms in total. The first kappa shape index (κ1) is 49.0. The minimum Gasteiger partial charge on any atom is -0.494 e. The molecule has 0 bridgehead atoms. The van der Waals surface area contributed by atoms with E-state index in [1.807, 2.05) is 53.7 Å². The number of nitrogens with zero attached hydrogens (tertiary/aromatic N) is 1. The highest BCUT2D eigenvalue weighted by atomic mass is 16.6. The second-order valence-corrected chi connectivity index (χ2v) is 12.5. The lowest BCUT2D eigenvalue weighted by molar-refractivity contribution is -0.132. The van der Waals surface area contributed by atoms with Crippen molar-refractivity contribution in [3.8, 4) is 0 Å². The van der Waals surface area contributed by atoms with Crippen LogP contribution in [-0.2, 0) is 54.3 Å². The molecule has 0 aliphatic heterocycles. The van der Waals surface area contributed by atoms with Crippen LogP contribution >= 0.6 is 0 Å². The Kier molecular flexibility index (Phi) is 28.1. The highest BCUT2D eigenvalue weighted by Gasteiger charge is 2.27. The molecule has 0 aromatic heterocycles. The molecule has 5 amide bonds. The molecule has 0 saturated carbocycles. The molecule has 2 atom stereocenters. The van der Waals surface area contributed by atoms with Crippen LogP contribution in [0.1, 0.15) is 66.9 Å². The molecule has 4 N–H and O–H groups in total. The van der Waals surface area contributed by atoms with Crippen LogP contribution in [0.15, 0.2) is 36.6 Å². The second kappa shape index (κ2) is 30.4. The van der Waals surface area contributed by atoms with Gasteiger partial charge in [-0.05, 0) is 30.5 Å². The van der Waals surface area contributed by atoms with E-state index in [4.69, 9.17) is 23.7 Å². The highest BCUT2D eigenvalue weighted by molar-refractivity contribution is 5.98. The van der Waals surface area contributed by atoms with E-state index >= 15 is 0 Å². The molecule has 0 spiro atoms. The van der Waals surface area contributed by atoms with Gasteiger partial charge in [0, 0.05) is 44.6 Å². The summed E-state index contributed by atoms with van der Waals surface area (Å²) < 4.78 is 27.4. The molecule has 1 unspecified atom stereocenters. The maximum atomic E-state index is 13.0. The zero-order valence-corrected chi connectivity index (χ0v) is 33.1. The third-order valence-corrected chi connectivity index (χ3v) is 7.34. The van der Waals surface area contributed by atoms with Crippen molar-refractivity contribution in [1.82, 2.24) is 20.9 Å². The number of allylic oxidation sites excluding steroid dienone is 1. The topological polar surface area (TPSA) is 183 Å². The van der Waals surface area contributed by atoms with E-state index < -0.39 is 23.9 Å². The summed E-state index contributed by atoms with van der Waals surface area (Å²) in [6.45, 7) is 20.9. The third-order valence-electron chi connectivity index (χ3n) is 7.34. The Hall–Kier alpha value is -4.05. The van der Waals surface area contributed by atoms with E-state index in [0.29, 0.717) is 83.8 Å². The van der Waals surface area contributed by atoms with Crippen molar-refractivity contribution in [3.05, 3.63) is 42.2 Å². The van der Waals surface area contributed by atoms with E-state index in [9.17, 15) is 24.0 Å². The Bertz CT molecular complexity index is 1200. The first-order valence-corrected chi connectivity index (χ1v) is 18.4. The highest BCUT2D eigenvalue weighted by Crippen LogP contribution is 2.15. The van der Waals surface area contributed by atoms with Gasteiger partial charge in [-0.2, -0.15) is 0 Å². The molecule has 0 fully saturated rings. The van der Waals surface area contributed by atoms with Crippen LogP contribution in [-0.4, -0.2) is 120 Å². The normalized spacial score (nSPS) is 11.8. The number of nitrogens with one attached hydrogen (secondary N) is 4. The number of rotatable bonds is 29. The minimum absolute atomic E-state index is 0.0590. The number of amides is 5. The SMILES string of the molecule is C=C(OCc1ccc(NC(=O)[C@H](C)NC(=O)C(NC(=O)CCOCCOCCOCCOCCNC(=O)CCN(C)C=O)C(C)C)cc1)C(C)C.CC. The van der Waals surface area contributed by atoms with Gasteiger partial charge < -0.3 is 49.9 Å².